The molecule has 3 heterocycles. The van der Waals surface area contributed by atoms with Crippen molar-refractivity contribution in [3.8, 4) is 0 Å². The van der Waals surface area contributed by atoms with E-state index in [0.717, 1.165) is 33.4 Å². The zero-order valence-corrected chi connectivity index (χ0v) is 21.4. The van der Waals surface area contributed by atoms with Crippen molar-refractivity contribution in [3.63, 3.8) is 0 Å². The molecule has 0 saturated heterocycles. The minimum Gasteiger partial charge on any atom is -0.386 e. The molecule has 1 aliphatic rings. The minimum atomic E-state index is -3.31. The maximum absolute atomic E-state index is 12.4. The molecule has 33 heavy (non-hydrogen) atoms. The molecule has 2 aromatic heterocycles. The largest absolute Gasteiger partial charge is 0.386 e. The van der Waals surface area contributed by atoms with Gasteiger partial charge in [-0.1, -0.05) is 20.8 Å². The number of benzene rings is 1. The first-order chi connectivity index (χ1) is 15.3. The SMILES string of the molecule is CCc1cc2cc3n(c2cc1S(C)(=O)=O)CCN(c1ncc(C(C)(C)O)c(C)n1)[C@H]3C(C)C. The van der Waals surface area contributed by atoms with E-state index >= 15 is 0 Å². The zero-order chi connectivity index (χ0) is 24.3. The Balaban J connectivity index is 1.85. The molecular formula is C25H34N4O3S. The number of nitrogens with zero attached hydrogens (tertiary/aromatic N) is 4. The average molecular weight is 471 g/mol. The van der Waals surface area contributed by atoms with E-state index in [2.05, 4.69) is 34.4 Å². The van der Waals surface area contributed by atoms with Crippen LogP contribution in [0.4, 0.5) is 5.95 Å². The standard InChI is InChI=1S/C25H34N4O3S/c1-8-17-11-18-12-21-23(15(2)3)29(24-26-14-19(16(4)27-24)25(5,6)30)10-9-28(21)20(18)13-22(17)33(7,31)32/h11-15,23,30H,8-10H2,1-7H3/t23-/m0/s1. The average Bonchev–Trinajstić information content (AvgIpc) is 3.07. The quantitative estimate of drug-likeness (QED) is 0.603. The van der Waals surface area contributed by atoms with E-state index in [1.165, 1.54) is 6.26 Å². The number of aliphatic hydroxyl groups is 1. The van der Waals surface area contributed by atoms with Crippen LogP contribution in [-0.4, -0.2) is 40.9 Å². The van der Waals surface area contributed by atoms with Crippen LogP contribution >= 0.6 is 0 Å². The monoisotopic (exact) mass is 470 g/mol. The van der Waals surface area contributed by atoms with E-state index in [-0.39, 0.29) is 12.0 Å². The van der Waals surface area contributed by atoms with Crippen molar-refractivity contribution in [2.45, 2.75) is 71.0 Å². The number of rotatable bonds is 5. The number of hydrogen-bond acceptors (Lipinski definition) is 6. The van der Waals surface area contributed by atoms with Gasteiger partial charge in [0.25, 0.3) is 0 Å². The molecule has 0 radical (unpaired) electrons. The predicted molar refractivity (Wildman–Crippen MR) is 131 cm³/mol. The van der Waals surface area contributed by atoms with E-state index in [0.29, 0.717) is 30.4 Å². The van der Waals surface area contributed by atoms with Gasteiger partial charge in [-0.3, -0.25) is 0 Å². The van der Waals surface area contributed by atoms with Gasteiger partial charge in [0, 0.05) is 53.4 Å². The fourth-order valence-electron chi connectivity index (χ4n) is 5.10. The van der Waals surface area contributed by atoms with Crippen LogP contribution in [0.5, 0.6) is 0 Å². The van der Waals surface area contributed by atoms with Crippen LogP contribution in [0.3, 0.4) is 0 Å². The fraction of sp³-hybridized carbons (Fsp3) is 0.520. The first kappa shape index (κ1) is 23.7. The number of anilines is 1. The van der Waals surface area contributed by atoms with E-state index in [9.17, 15) is 13.5 Å². The van der Waals surface area contributed by atoms with Gasteiger partial charge in [-0.05, 0) is 56.9 Å². The van der Waals surface area contributed by atoms with Crippen LogP contribution in [0.25, 0.3) is 10.9 Å². The molecule has 0 bridgehead atoms. The third kappa shape index (κ3) is 4.15. The minimum absolute atomic E-state index is 0.0466. The summed E-state index contributed by atoms with van der Waals surface area (Å²) >= 11 is 0. The molecule has 1 aliphatic heterocycles. The van der Waals surface area contributed by atoms with Gasteiger partial charge in [-0.15, -0.1) is 0 Å². The lowest BCUT2D eigenvalue weighted by Gasteiger charge is -2.39. The van der Waals surface area contributed by atoms with E-state index in [1.54, 1.807) is 20.0 Å². The van der Waals surface area contributed by atoms with Gasteiger partial charge in [0.05, 0.1) is 16.5 Å². The Kier molecular flexibility index (Phi) is 5.81. The lowest BCUT2D eigenvalue weighted by atomic mass is 9.97. The maximum atomic E-state index is 12.4. The molecule has 1 aromatic carbocycles. The third-order valence-corrected chi connectivity index (χ3v) is 7.79. The van der Waals surface area contributed by atoms with Crippen molar-refractivity contribution in [3.05, 3.63) is 46.9 Å². The molecular weight excluding hydrogens is 436 g/mol. The predicted octanol–water partition coefficient (Wildman–Crippen LogP) is 4.15. The molecule has 7 nitrogen and oxygen atoms in total. The number of fused-ring (bicyclic) bond motifs is 3. The topological polar surface area (TPSA) is 88.3 Å². The van der Waals surface area contributed by atoms with Crippen LogP contribution in [0.2, 0.25) is 0 Å². The van der Waals surface area contributed by atoms with Crippen molar-refractivity contribution >= 4 is 26.7 Å². The second-order valence-corrected chi connectivity index (χ2v) is 12.0. The summed E-state index contributed by atoms with van der Waals surface area (Å²) in [5.41, 5.74) is 3.45. The Bertz CT molecular complexity index is 1320. The highest BCUT2D eigenvalue weighted by Crippen LogP contribution is 2.39. The van der Waals surface area contributed by atoms with Gasteiger partial charge in [-0.25, -0.2) is 18.4 Å². The number of hydrogen-bond donors (Lipinski definition) is 1. The van der Waals surface area contributed by atoms with Crippen LogP contribution in [0.1, 0.15) is 63.2 Å². The van der Waals surface area contributed by atoms with Crippen molar-refractivity contribution in [2.75, 3.05) is 17.7 Å². The molecule has 0 amide bonds. The van der Waals surface area contributed by atoms with Gasteiger partial charge in [0.15, 0.2) is 9.84 Å². The molecule has 1 N–H and O–H groups in total. The Labute approximate surface area is 196 Å². The Morgan fingerprint density at radius 3 is 2.45 bits per heavy atom. The molecule has 4 rings (SSSR count). The van der Waals surface area contributed by atoms with E-state index in [1.807, 2.05) is 26.0 Å². The first-order valence-corrected chi connectivity index (χ1v) is 13.4. The Morgan fingerprint density at radius 2 is 1.91 bits per heavy atom. The Morgan fingerprint density at radius 1 is 1.21 bits per heavy atom. The zero-order valence-electron chi connectivity index (χ0n) is 20.5. The summed E-state index contributed by atoms with van der Waals surface area (Å²) in [6.07, 6.45) is 3.67. The molecule has 0 spiro atoms. The van der Waals surface area contributed by atoms with Crippen molar-refractivity contribution in [1.29, 1.82) is 0 Å². The molecule has 0 saturated carbocycles. The van der Waals surface area contributed by atoms with Crippen molar-refractivity contribution in [2.24, 2.45) is 5.92 Å². The van der Waals surface area contributed by atoms with Crippen LogP contribution in [0.15, 0.2) is 29.3 Å². The number of sulfone groups is 1. The highest BCUT2D eigenvalue weighted by molar-refractivity contribution is 7.90. The normalized spacial score (nSPS) is 17.1. The van der Waals surface area contributed by atoms with Crippen molar-refractivity contribution < 1.29 is 13.5 Å². The summed E-state index contributed by atoms with van der Waals surface area (Å²) in [5, 5.41) is 11.5. The van der Waals surface area contributed by atoms with E-state index in [4.69, 9.17) is 4.98 Å². The van der Waals surface area contributed by atoms with Gasteiger partial charge >= 0.3 is 0 Å². The first-order valence-electron chi connectivity index (χ1n) is 11.5. The molecule has 3 aromatic rings. The highest BCUT2D eigenvalue weighted by Gasteiger charge is 2.34. The lowest BCUT2D eigenvalue weighted by molar-refractivity contribution is 0.0770. The van der Waals surface area contributed by atoms with Crippen molar-refractivity contribution in [1.82, 2.24) is 14.5 Å². The van der Waals surface area contributed by atoms with Gasteiger partial charge < -0.3 is 14.6 Å². The number of aromatic nitrogens is 3. The van der Waals surface area contributed by atoms with Crippen LogP contribution in [0, 0.1) is 12.8 Å². The Hall–Kier alpha value is -2.45. The van der Waals surface area contributed by atoms with Crippen LogP contribution in [-0.2, 0) is 28.4 Å². The van der Waals surface area contributed by atoms with Gasteiger partial charge in [0.1, 0.15) is 0 Å². The third-order valence-electron chi connectivity index (χ3n) is 6.61. The summed E-state index contributed by atoms with van der Waals surface area (Å²) in [4.78, 5) is 12.0. The fourth-order valence-corrected chi connectivity index (χ4v) is 6.11. The molecule has 0 fully saturated rings. The summed E-state index contributed by atoms with van der Waals surface area (Å²) in [5.74, 6) is 0.938. The molecule has 178 valence electrons. The summed E-state index contributed by atoms with van der Waals surface area (Å²) in [7, 11) is -3.31. The molecule has 0 unspecified atom stereocenters. The second kappa shape index (κ2) is 8.09. The summed E-state index contributed by atoms with van der Waals surface area (Å²) < 4.78 is 27.1. The molecule has 8 heteroatoms. The highest BCUT2D eigenvalue weighted by atomic mass is 32.2. The molecule has 1 atom stereocenters. The molecule has 0 aliphatic carbocycles. The lowest BCUT2D eigenvalue weighted by Crippen LogP contribution is -2.41. The number of aryl methyl sites for hydroxylation is 2. The second-order valence-electron chi connectivity index (χ2n) is 9.98. The maximum Gasteiger partial charge on any atom is 0.226 e. The van der Waals surface area contributed by atoms with Crippen LogP contribution < -0.4 is 4.90 Å². The smallest absolute Gasteiger partial charge is 0.226 e. The summed E-state index contributed by atoms with van der Waals surface area (Å²) in [6.45, 7) is 13.2. The summed E-state index contributed by atoms with van der Waals surface area (Å²) in [6, 6.07) is 6.11. The van der Waals surface area contributed by atoms with Gasteiger partial charge in [-0.2, -0.15) is 0 Å². The van der Waals surface area contributed by atoms with E-state index < -0.39 is 15.4 Å². The van der Waals surface area contributed by atoms with Gasteiger partial charge in [0.2, 0.25) is 5.95 Å².